The number of amides is 2. The second-order valence-corrected chi connectivity index (χ2v) is 6.18. The molecule has 1 N–H and O–H groups in total. The van der Waals surface area contributed by atoms with Crippen molar-refractivity contribution in [2.24, 2.45) is 11.8 Å². The van der Waals surface area contributed by atoms with Crippen LogP contribution in [0.4, 0.5) is 4.79 Å². The van der Waals surface area contributed by atoms with Crippen molar-refractivity contribution in [1.82, 2.24) is 9.80 Å². The van der Waals surface area contributed by atoms with Gasteiger partial charge in [-0.05, 0) is 25.2 Å². The first-order valence-electron chi connectivity index (χ1n) is 7.84. The molecule has 6 heteroatoms. The van der Waals surface area contributed by atoms with Gasteiger partial charge in [0.25, 0.3) is 0 Å². The molecule has 21 heavy (non-hydrogen) atoms. The van der Waals surface area contributed by atoms with Crippen molar-refractivity contribution in [2.75, 3.05) is 33.4 Å². The minimum atomic E-state index is -0.880. The van der Waals surface area contributed by atoms with Gasteiger partial charge < -0.3 is 19.6 Å². The van der Waals surface area contributed by atoms with E-state index >= 15 is 0 Å². The number of piperidine rings is 1. The Bertz CT molecular complexity index is 388. The first kappa shape index (κ1) is 16.1. The lowest BCUT2D eigenvalue weighted by Crippen LogP contribution is -2.54. The molecule has 0 spiro atoms. The molecule has 2 aliphatic rings. The molecule has 120 valence electrons. The lowest BCUT2D eigenvalue weighted by atomic mass is 9.89. The van der Waals surface area contributed by atoms with Crippen LogP contribution in [0.15, 0.2) is 0 Å². The first-order chi connectivity index (χ1) is 10.1. The lowest BCUT2D eigenvalue weighted by molar-refractivity contribution is -0.144. The summed E-state index contributed by atoms with van der Waals surface area (Å²) in [6.45, 7) is 4.67. The van der Waals surface area contributed by atoms with Crippen molar-refractivity contribution in [2.45, 2.75) is 38.6 Å². The van der Waals surface area contributed by atoms with Gasteiger partial charge in [0.15, 0.2) is 0 Å². The summed E-state index contributed by atoms with van der Waals surface area (Å²) in [4.78, 5) is 27.4. The van der Waals surface area contributed by atoms with Gasteiger partial charge in [0.2, 0.25) is 0 Å². The van der Waals surface area contributed by atoms with Gasteiger partial charge in [-0.3, -0.25) is 0 Å². The highest BCUT2D eigenvalue weighted by molar-refractivity contribution is 5.83. The number of methoxy groups -OCH3 is 1. The second-order valence-electron chi connectivity index (χ2n) is 6.18. The molecular formula is C15H26N2O4. The van der Waals surface area contributed by atoms with Crippen LogP contribution in [0.1, 0.15) is 32.6 Å². The number of rotatable bonds is 4. The molecule has 2 heterocycles. The van der Waals surface area contributed by atoms with Crippen LogP contribution in [0.3, 0.4) is 0 Å². The number of nitrogens with zero attached hydrogens (tertiary/aromatic N) is 2. The average molecular weight is 298 g/mol. The zero-order chi connectivity index (χ0) is 15.4. The summed E-state index contributed by atoms with van der Waals surface area (Å²) >= 11 is 0. The van der Waals surface area contributed by atoms with E-state index in [1.165, 1.54) is 0 Å². The van der Waals surface area contributed by atoms with Crippen LogP contribution in [-0.2, 0) is 9.53 Å². The maximum Gasteiger partial charge on any atom is 0.326 e. The number of carboxylic acid groups (broad SMARTS) is 1. The molecule has 0 saturated carbocycles. The number of carbonyl (C=O) groups excluding carboxylic acids is 1. The van der Waals surface area contributed by atoms with Crippen LogP contribution < -0.4 is 0 Å². The van der Waals surface area contributed by atoms with Crippen molar-refractivity contribution >= 4 is 12.0 Å². The minimum absolute atomic E-state index is 0.115. The van der Waals surface area contributed by atoms with Crippen LogP contribution in [0, 0.1) is 11.8 Å². The third-order valence-electron chi connectivity index (χ3n) is 4.78. The van der Waals surface area contributed by atoms with Crippen LogP contribution in [0.25, 0.3) is 0 Å². The van der Waals surface area contributed by atoms with E-state index in [0.717, 1.165) is 19.3 Å². The molecule has 0 aliphatic carbocycles. The van der Waals surface area contributed by atoms with Gasteiger partial charge in [0.1, 0.15) is 6.04 Å². The van der Waals surface area contributed by atoms with Crippen LogP contribution >= 0.6 is 0 Å². The number of hydrogen-bond acceptors (Lipinski definition) is 3. The van der Waals surface area contributed by atoms with Crippen LogP contribution in [-0.4, -0.2) is 66.3 Å². The van der Waals surface area contributed by atoms with E-state index in [-0.39, 0.29) is 6.03 Å². The number of carboxylic acids is 1. The first-order valence-corrected chi connectivity index (χ1v) is 7.84. The smallest absolute Gasteiger partial charge is 0.326 e. The molecule has 0 radical (unpaired) electrons. The van der Waals surface area contributed by atoms with Gasteiger partial charge in [0, 0.05) is 32.7 Å². The Morgan fingerprint density at radius 2 is 1.95 bits per heavy atom. The van der Waals surface area contributed by atoms with E-state index in [1.807, 2.05) is 0 Å². The van der Waals surface area contributed by atoms with E-state index in [2.05, 4.69) is 6.92 Å². The fourth-order valence-corrected chi connectivity index (χ4v) is 3.43. The quantitative estimate of drug-likeness (QED) is 0.857. The van der Waals surface area contributed by atoms with Crippen molar-refractivity contribution in [3.05, 3.63) is 0 Å². The van der Waals surface area contributed by atoms with E-state index in [1.54, 1.807) is 16.9 Å². The third-order valence-corrected chi connectivity index (χ3v) is 4.78. The summed E-state index contributed by atoms with van der Waals surface area (Å²) in [6, 6.07) is -0.784. The average Bonchev–Trinajstić information content (AvgIpc) is 2.94. The molecule has 3 unspecified atom stereocenters. The fraction of sp³-hybridized carbons (Fsp3) is 0.867. The largest absolute Gasteiger partial charge is 0.480 e. The van der Waals surface area contributed by atoms with Gasteiger partial charge in [0.05, 0.1) is 6.61 Å². The van der Waals surface area contributed by atoms with Crippen molar-refractivity contribution in [1.29, 1.82) is 0 Å². The maximum atomic E-state index is 12.6. The van der Waals surface area contributed by atoms with E-state index in [4.69, 9.17) is 4.74 Å². The molecule has 0 bridgehead atoms. The Labute approximate surface area is 126 Å². The van der Waals surface area contributed by atoms with Crippen LogP contribution in [0.5, 0.6) is 0 Å². The summed E-state index contributed by atoms with van der Waals surface area (Å²) in [6.07, 6.45) is 3.39. The summed E-state index contributed by atoms with van der Waals surface area (Å²) in [7, 11) is 1.67. The molecule has 6 nitrogen and oxygen atoms in total. The van der Waals surface area contributed by atoms with Gasteiger partial charge in [-0.25, -0.2) is 9.59 Å². The number of likely N-dealkylation sites (tertiary alicyclic amines) is 2. The summed E-state index contributed by atoms with van der Waals surface area (Å²) in [5.41, 5.74) is 0. The Morgan fingerprint density at radius 3 is 2.57 bits per heavy atom. The van der Waals surface area contributed by atoms with Crippen molar-refractivity contribution in [3.8, 4) is 0 Å². The molecule has 2 amide bonds. The zero-order valence-electron chi connectivity index (χ0n) is 13.0. The Morgan fingerprint density at radius 1 is 1.24 bits per heavy atom. The highest BCUT2D eigenvalue weighted by atomic mass is 16.5. The monoisotopic (exact) mass is 298 g/mol. The number of hydrogen-bond donors (Lipinski definition) is 1. The normalized spacial score (nSPS) is 29.7. The molecule has 0 aromatic carbocycles. The van der Waals surface area contributed by atoms with Gasteiger partial charge in [-0.15, -0.1) is 0 Å². The molecular weight excluding hydrogens is 272 g/mol. The molecule has 2 aliphatic heterocycles. The minimum Gasteiger partial charge on any atom is -0.480 e. The van der Waals surface area contributed by atoms with E-state index < -0.39 is 12.0 Å². The highest BCUT2D eigenvalue weighted by Gasteiger charge is 2.39. The van der Waals surface area contributed by atoms with E-state index in [0.29, 0.717) is 44.5 Å². The summed E-state index contributed by atoms with van der Waals surface area (Å²) in [5.74, 6) is -0.0977. The van der Waals surface area contributed by atoms with Crippen LogP contribution in [0.2, 0.25) is 0 Å². The number of urea groups is 1. The molecule has 0 aromatic rings. The number of aliphatic carboxylic acids is 1. The lowest BCUT2D eigenvalue weighted by Gasteiger charge is -2.38. The SMILES string of the molecule is CCC1CCN(C(=O)N2CCC(COC)C2)C(C(=O)O)C1. The van der Waals surface area contributed by atoms with Gasteiger partial charge >= 0.3 is 12.0 Å². The zero-order valence-corrected chi connectivity index (χ0v) is 13.0. The summed E-state index contributed by atoms with van der Waals surface area (Å²) < 4.78 is 5.14. The third kappa shape index (κ3) is 3.67. The fourth-order valence-electron chi connectivity index (χ4n) is 3.43. The van der Waals surface area contributed by atoms with Crippen molar-refractivity contribution < 1.29 is 19.4 Å². The van der Waals surface area contributed by atoms with Gasteiger partial charge in [-0.1, -0.05) is 13.3 Å². The predicted octanol–water partition coefficient (Wildman–Crippen LogP) is 1.65. The Balaban J connectivity index is 1.99. The number of carbonyl (C=O) groups is 2. The Hall–Kier alpha value is -1.30. The van der Waals surface area contributed by atoms with Gasteiger partial charge in [-0.2, -0.15) is 0 Å². The number of ether oxygens (including phenoxy) is 1. The standard InChI is InChI=1S/C15H26N2O4/c1-3-11-5-7-17(13(8-11)14(18)19)15(20)16-6-4-12(9-16)10-21-2/h11-13H,3-10H2,1-2H3,(H,18,19). The molecule has 3 atom stereocenters. The maximum absolute atomic E-state index is 12.6. The summed E-state index contributed by atoms with van der Waals surface area (Å²) in [5, 5.41) is 9.42. The molecule has 2 fully saturated rings. The second kappa shape index (κ2) is 7.11. The van der Waals surface area contributed by atoms with E-state index in [9.17, 15) is 14.7 Å². The topological polar surface area (TPSA) is 70.1 Å². The molecule has 0 aromatic heterocycles. The Kier molecular flexibility index (Phi) is 5.45. The molecule has 2 saturated heterocycles. The van der Waals surface area contributed by atoms with Crippen molar-refractivity contribution in [3.63, 3.8) is 0 Å². The highest BCUT2D eigenvalue weighted by Crippen LogP contribution is 2.28. The predicted molar refractivity (Wildman–Crippen MR) is 78.1 cm³/mol. The molecule has 2 rings (SSSR count).